The molecule has 0 aliphatic heterocycles. The number of ether oxygens (including phenoxy) is 1. The number of rotatable bonds is 4. The van der Waals surface area contributed by atoms with Crippen LogP contribution in [0.3, 0.4) is 0 Å². The molecule has 0 aromatic heterocycles. The first kappa shape index (κ1) is 19.2. The van der Waals surface area contributed by atoms with E-state index in [4.69, 9.17) is 4.74 Å². The molecule has 0 bridgehead atoms. The van der Waals surface area contributed by atoms with Gasteiger partial charge in [-0.3, -0.25) is 10.1 Å². The quantitative estimate of drug-likeness (QED) is 0.492. The van der Waals surface area contributed by atoms with Crippen molar-refractivity contribution >= 4 is 5.69 Å². The zero-order valence-corrected chi connectivity index (χ0v) is 15.2. The largest absolute Gasteiger partial charge is 0.490 e. The first-order chi connectivity index (χ1) is 12.5. The standard InChI is InChI=1S/C20H20F3NO3/c1-12-10-15(8-9-17(12)24(25)26)27-18-11-16(19(18,2)3)13-4-6-14(7-5-13)20(21,22)23/h4-10,16,18H,11H2,1-3H3. The average molecular weight is 379 g/mol. The molecule has 2 aromatic rings. The van der Waals surface area contributed by atoms with Crippen molar-refractivity contribution in [1.82, 2.24) is 0 Å². The van der Waals surface area contributed by atoms with E-state index in [1.807, 2.05) is 13.8 Å². The second kappa shape index (κ2) is 6.55. The van der Waals surface area contributed by atoms with Crippen LogP contribution >= 0.6 is 0 Å². The summed E-state index contributed by atoms with van der Waals surface area (Å²) in [7, 11) is 0. The first-order valence-electron chi connectivity index (χ1n) is 8.59. The maximum absolute atomic E-state index is 12.7. The van der Waals surface area contributed by atoms with Crippen molar-refractivity contribution < 1.29 is 22.8 Å². The van der Waals surface area contributed by atoms with E-state index in [9.17, 15) is 23.3 Å². The molecule has 1 saturated carbocycles. The number of nitro benzene ring substituents is 1. The molecule has 0 heterocycles. The molecule has 1 aliphatic rings. The van der Waals surface area contributed by atoms with Gasteiger partial charge in [0.2, 0.25) is 0 Å². The Hall–Kier alpha value is -2.57. The molecule has 1 aliphatic carbocycles. The fraction of sp³-hybridized carbons (Fsp3) is 0.400. The van der Waals surface area contributed by atoms with Crippen LogP contribution in [0.2, 0.25) is 0 Å². The van der Waals surface area contributed by atoms with E-state index >= 15 is 0 Å². The smallest absolute Gasteiger partial charge is 0.416 e. The highest BCUT2D eigenvalue weighted by Crippen LogP contribution is 2.54. The van der Waals surface area contributed by atoms with Gasteiger partial charge in [0.25, 0.3) is 5.69 Å². The zero-order valence-electron chi connectivity index (χ0n) is 15.2. The molecular formula is C20H20F3NO3. The minimum absolute atomic E-state index is 0.0397. The van der Waals surface area contributed by atoms with Gasteiger partial charge in [0.15, 0.2) is 0 Å². The van der Waals surface area contributed by atoms with Crippen LogP contribution in [0.1, 0.15) is 42.9 Å². The molecule has 27 heavy (non-hydrogen) atoms. The van der Waals surface area contributed by atoms with Gasteiger partial charge in [0.05, 0.1) is 10.5 Å². The minimum atomic E-state index is -4.34. The lowest BCUT2D eigenvalue weighted by atomic mass is 9.57. The second-order valence-electron chi connectivity index (χ2n) is 7.54. The highest BCUT2D eigenvalue weighted by Gasteiger charge is 2.50. The molecule has 0 amide bonds. The van der Waals surface area contributed by atoms with Crippen molar-refractivity contribution in [2.45, 2.75) is 45.4 Å². The van der Waals surface area contributed by atoms with Gasteiger partial charge < -0.3 is 4.74 Å². The zero-order chi connectivity index (χ0) is 20.0. The van der Waals surface area contributed by atoms with Crippen LogP contribution in [0.5, 0.6) is 5.75 Å². The Morgan fingerprint density at radius 1 is 1.15 bits per heavy atom. The van der Waals surface area contributed by atoms with Crippen LogP contribution < -0.4 is 4.74 Å². The summed E-state index contributed by atoms with van der Waals surface area (Å²) in [4.78, 5) is 10.5. The summed E-state index contributed by atoms with van der Waals surface area (Å²) in [6.07, 6.45) is -3.78. The van der Waals surface area contributed by atoms with Gasteiger partial charge in [0, 0.05) is 17.0 Å². The maximum Gasteiger partial charge on any atom is 0.416 e. The van der Waals surface area contributed by atoms with Crippen LogP contribution in [0, 0.1) is 22.5 Å². The van der Waals surface area contributed by atoms with Crippen LogP contribution in [-0.2, 0) is 6.18 Å². The summed E-state index contributed by atoms with van der Waals surface area (Å²) in [6.45, 7) is 5.69. The lowest BCUT2D eigenvalue weighted by Gasteiger charge is -2.51. The molecule has 1 fully saturated rings. The Morgan fingerprint density at radius 3 is 2.26 bits per heavy atom. The SMILES string of the molecule is Cc1cc(OC2CC(c3ccc(C(F)(F)F)cc3)C2(C)C)ccc1[N+](=O)[O-]. The number of alkyl halides is 3. The van der Waals surface area contributed by atoms with E-state index in [1.165, 1.54) is 18.2 Å². The summed E-state index contributed by atoms with van der Waals surface area (Å²) in [5.74, 6) is 0.644. The second-order valence-corrected chi connectivity index (χ2v) is 7.54. The maximum atomic E-state index is 12.7. The van der Waals surface area contributed by atoms with E-state index in [2.05, 4.69) is 0 Å². The van der Waals surface area contributed by atoms with Crippen molar-refractivity contribution in [3.8, 4) is 5.75 Å². The van der Waals surface area contributed by atoms with Crippen molar-refractivity contribution in [3.05, 3.63) is 69.3 Å². The molecule has 0 spiro atoms. The predicted molar refractivity (Wildman–Crippen MR) is 94.8 cm³/mol. The fourth-order valence-electron chi connectivity index (χ4n) is 3.63. The highest BCUT2D eigenvalue weighted by molar-refractivity contribution is 5.44. The van der Waals surface area contributed by atoms with Crippen molar-refractivity contribution in [2.24, 2.45) is 5.41 Å². The summed E-state index contributed by atoms with van der Waals surface area (Å²) in [5.41, 5.74) is 0.493. The molecule has 144 valence electrons. The Bertz CT molecular complexity index is 860. The van der Waals surface area contributed by atoms with Crippen LogP contribution in [0.4, 0.5) is 18.9 Å². The lowest BCUT2D eigenvalue weighted by molar-refractivity contribution is -0.385. The van der Waals surface area contributed by atoms with Crippen LogP contribution in [-0.4, -0.2) is 11.0 Å². The molecule has 0 saturated heterocycles. The molecule has 2 unspecified atom stereocenters. The van der Waals surface area contributed by atoms with E-state index in [-0.39, 0.29) is 23.1 Å². The Kier molecular flexibility index (Phi) is 4.66. The topological polar surface area (TPSA) is 52.4 Å². The Balaban J connectivity index is 1.71. The number of nitrogens with zero attached hydrogens (tertiary/aromatic N) is 1. The third-order valence-corrected chi connectivity index (χ3v) is 5.46. The molecule has 2 atom stereocenters. The average Bonchev–Trinajstić information content (AvgIpc) is 2.57. The number of hydrogen-bond donors (Lipinski definition) is 0. The van der Waals surface area contributed by atoms with Crippen molar-refractivity contribution in [2.75, 3.05) is 0 Å². The third-order valence-electron chi connectivity index (χ3n) is 5.46. The van der Waals surface area contributed by atoms with Gasteiger partial charge in [-0.2, -0.15) is 13.2 Å². The van der Waals surface area contributed by atoms with Gasteiger partial charge in [-0.05, 0) is 49.1 Å². The molecule has 0 radical (unpaired) electrons. The molecule has 2 aromatic carbocycles. The van der Waals surface area contributed by atoms with Gasteiger partial charge in [-0.25, -0.2) is 0 Å². The number of hydrogen-bond acceptors (Lipinski definition) is 3. The number of halogens is 3. The lowest BCUT2D eigenvalue weighted by Crippen LogP contribution is -2.50. The van der Waals surface area contributed by atoms with E-state index in [0.29, 0.717) is 17.7 Å². The number of aryl methyl sites for hydroxylation is 1. The Morgan fingerprint density at radius 2 is 1.78 bits per heavy atom. The third kappa shape index (κ3) is 3.63. The van der Waals surface area contributed by atoms with E-state index in [0.717, 1.165) is 17.7 Å². The fourth-order valence-corrected chi connectivity index (χ4v) is 3.63. The predicted octanol–water partition coefficient (Wildman–Crippen LogP) is 5.88. The highest BCUT2D eigenvalue weighted by atomic mass is 19.4. The molecular weight excluding hydrogens is 359 g/mol. The van der Waals surface area contributed by atoms with Crippen molar-refractivity contribution in [1.29, 1.82) is 0 Å². The molecule has 7 heteroatoms. The monoisotopic (exact) mass is 379 g/mol. The summed E-state index contributed by atoms with van der Waals surface area (Å²) in [6, 6.07) is 9.91. The van der Waals surface area contributed by atoms with E-state index < -0.39 is 16.7 Å². The number of nitro groups is 1. The molecule has 4 nitrogen and oxygen atoms in total. The molecule has 3 rings (SSSR count). The minimum Gasteiger partial charge on any atom is -0.490 e. The summed E-state index contributed by atoms with van der Waals surface area (Å²) >= 11 is 0. The van der Waals surface area contributed by atoms with Crippen molar-refractivity contribution in [3.63, 3.8) is 0 Å². The number of benzene rings is 2. The van der Waals surface area contributed by atoms with Gasteiger partial charge in [-0.1, -0.05) is 26.0 Å². The van der Waals surface area contributed by atoms with Gasteiger partial charge in [-0.15, -0.1) is 0 Å². The van der Waals surface area contributed by atoms with Gasteiger partial charge in [0.1, 0.15) is 11.9 Å². The summed E-state index contributed by atoms with van der Waals surface area (Å²) in [5, 5.41) is 10.9. The Labute approximate surface area is 155 Å². The summed E-state index contributed by atoms with van der Waals surface area (Å²) < 4.78 is 44.2. The van der Waals surface area contributed by atoms with Gasteiger partial charge >= 0.3 is 6.18 Å². The van der Waals surface area contributed by atoms with Crippen LogP contribution in [0.15, 0.2) is 42.5 Å². The normalized spacial score (nSPS) is 21.4. The van der Waals surface area contributed by atoms with E-state index in [1.54, 1.807) is 19.1 Å². The first-order valence-corrected chi connectivity index (χ1v) is 8.59. The van der Waals surface area contributed by atoms with Crippen LogP contribution in [0.25, 0.3) is 0 Å². The molecule has 0 N–H and O–H groups in total.